The summed E-state index contributed by atoms with van der Waals surface area (Å²) in [5, 5.41) is 3.86. The number of hydrogen-bond acceptors (Lipinski definition) is 4. The fourth-order valence-corrected chi connectivity index (χ4v) is 4.27. The highest BCUT2D eigenvalue weighted by Gasteiger charge is 2.24. The van der Waals surface area contributed by atoms with Gasteiger partial charge in [0.15, 0.2) is 0 Å². The molecule has 1 aliphatic heterocycles. The molecule has 2 aromatic carbocycles. The van der Waals surface area contributed by atoms with Crippen LogP contribution in [0.1, 0.15) is 16.8 Å². The Morgan fingerprint density at radius 2 is 1.79 bits per heavy atom. The molecular weight excluding hydrogens is 429 g/mol. The van der Waals surface area contributed by atoms with E-state index in [0.717, 1.165) is 23.7 Å². The fourth-order valence-electron chi connectivity index (χ4n) is 3.23. The predicted octanol–water partition coefficient (Wildman–Crippen LogP) is 4.50. The number of carbonyl (C=O) groups excluding carboxylic acids is 2. The smallest absolute Gasteiger partial charge is 0.255 e. The second kappa shape index (κ2) is 10.3. The number of nitrogens with zero attached hydrogens (tertiary/aromatic N) is 2. The molecule has 0 aliphatic carbocycles. The maximum absolute atomic E-state index is 12.7. The molecule has 0 bridgehead atoms. The molecule has 5 nitrogen and oxygen atoms in total. The van der Waals surface area contributed by atoms with Crippen LogP contribution < -0.4 is 5.32 Å². The maximum atomic E-state index is 12.7. The van der Waals surface area contributed by atoms with E-state index in [1.165, 1.54) is 0 Å². The summed E-state index contributed by atoms with van der Waals surface area (Å²) in [5.41, 5.74) is 1.32. The molecular formula is C21H23Cl2N3O2S. The number of piperazine rings is 1. The molecule has 1 N–H and O–H groups in total. The third-order valence-electron chi connectivity index (χ3n) is 4.86. The van der Waals surface area contributed by atoms with E-state index < -0.39 is 0 Å². The topological polar surface area (TPSA) is 52.7 Å². The number of carbonyl (C=O) groups is 2. The predicted molar refractivity (Wildman–Crippen MR) is 120 cm³/mol. The average Bonchev–Trinajstić information content (AvgIpc) is 2.72. The van der Waals surface area contributed by atoms with Crippen molar-refractivity contribution in [2.24, 2.45) is 0 Å². The van der Waals surface area contributed by atoms with Gasteiger partial charge in [0, 0.05) is 49.1 Å². The van der Waals surface area contributed by atoms with Gasteiger partial charge in [0.25, 0.3) is 5.91 Å². The van der Waals surface area contributed by atoms with Crippen molar-refractivity contribution in [3.63, 3.8) is 0 Å². The number of thioether (sulfide) groups is 1. The zero-order valence-electron chi connectivity index (χ0n) is 16.2. The Labute approximate surface area is 185 Å². The number of hydrogen-bond donors (Lipinski definition) is 1. The summed E-state index contributed by atoms with van der Waals surface area (Å²) in [6.07, 6.45) is 2.41. The van der Waals surface area contributed by atoms with Gasteiger partial charge >= 0.3 is 0 Å². The minimum atomic E-state index is -0.0854. The van der Waals surface area contributed by atoms with E-state index in [2.05, 4.69) is 10.2 Å². The minimum Gasteiger partial charge on any atom is -0.336 e. The summed E-state index contributed by atoms with van der Waals surface area (Å²) in [6.45, 7) is 3.33. The van der Waals surface area contributed by atoms with E-state index >= 15 is 0 Å². The molecule has 1 heterocycles. The molecule has 3 rings (SSSR count). The lowest BCUT2D eigenvalue weighted by Gasteiger charge is -2.34. The molecule has 1 aliphatic rings. The number of benzene rings is 2. The second-order valence-electron chi connectivity index (χ2n) is 6.76. The van der Waals surface area contributed by atoms with Crippen LogP contribution in [0.5, 0.6) is 0 Å². The van der Waals surface area contributed by atoms with Crippen molar-refractivity contribution >= 4 is 52.5 Å². The Balaban J connectivity index is 1.46. The summed E-state index contributed by atoms with van der Waals surface area (Å²) < 4.78 is 0. The number of amides is 2. The molecule has 0 atom stereocenters. The lowest BCUT2D eigenvalue weighted by molar-refractivity contribution is -0.116. The van der Waals surface area contributed by atoms with Crippen LogP contribution in [-0.4, -0.2) is 60.6 Å². The Hall–Kier alpha value is -1.73. The highest BCUT2D eigenvalue weighted by atomic mass is 35.5. The number of para-hydroxylation sites is 1. The Morgan fingerprint density at radius 1 is 1.07 bits per heavy atom. The normalized spacial score (nSPS) is 14.7. The summed E-state index contributed by atoms with van der Waals surface area (Å²) in [4.78, 5) is 30.0. The SMILES string of the molecule is CSc1ccccc1NC(=O)CCN1CCN(C(=O)c2ccc(Cl)cc2Cl)CC1. The standard InChI is InChI=1S/C21H23Cl2N3O2S/c1-29-19-5-3-2-4-18(19)24-20(27)8-9-25-10-12-26(13-11-25)21(28)16-7-6-15(22)14-17(16)23/h2-7,14H,8-13H2,1H3,(H,24,27). The van der Waals surface area contributed by atoms with Gasteiger partial charge in [0.2, 0.25) is 5.91 Å². The van der Waals surface area contributed by atoms with Gasteiger partial charge < -0.3 is 10.2 Å². The number of anilines is 1. The number of nitrogens with one attached hydrogen (secondary N) is 1. The summed E-state index contributed by atoms with van der Waals surface area (Å²) in [6, 6.07) is 12.7. The first-order chi connectivity index (χ1) is 14.0. The zero-order chi connectivity index (χ0) is 20.8. The van der Waals surface area contributed by atoms with Gasteiger partial charge in [-0.05, 0) is 36.6 Å². The van der Waals surface area contributed by atoms with Gasteiger partial charge in [-0.25, -0.2) is 0 Å². The minimum absolute atomic E-state index is 0.00190. The van der Waals surface area contributed by atoms with Crippen molar-refractivity contribution in [2.75, 3.05) is 44.3 Å². The maximum Gasteiger partial charge on any atom is 0.255 e. The molecule has 0 aromatic heterocycles. The van der Waals surface area contributed by atoms with Crippen LogP contribution in [0.4, 0.5) is 5.69 Å². The van der Waals surface area contributed by atoms with Crippen LogP contribution in [0.2, 0.25) is 10.0 Å². The Kier molecular flexibility index (Phi) is 7.84. The monoisotopic (exact) mass is 451 g/mol. The van der Waals surface area contributed by atoms with Crippen LogP contribution >= 0.6 is 35.0 Å². The largest absolute Gasteiger partial charge is 0.336 e. The highest BCUT2D eigenvalue weighted by Crippen LogP contribution is 2.25. The third kappa shape index (κ3) is 5.89. The molecule has 29 heavy (non-hydrogen) atoms. The summed E-state index contributed by atoms with van der Waals surface area (Å²) >= 11 is 13.7. The first-order valence-electron chi connectivity index (χ1n) is 9.37. The second-order valence-corrected chi connectivity index (χ2v) is 8.45. The molecule has 2 amide bonds. The Bertz CT molecular complexity index is 886. The molecule has 0 unspecified atom stereocenters. The van der Waals surface area contributed by atoms with Gasteiger partial charge in [-0.1, -0.05) is 35.3 Å². The van der Waals surface area contributed by atoms with Crippen molar-refractivity contribution in [1.29, 1.82) is 0 Å². The highest BCUT2D eigenvalue weighted by molar-refractivity contribution is 7.98. The van der Waals surface area contributed by atoms with Gasteiger partial charge in [-0.15, -0.1) is 11.8 Å². The quantitative estimate of drug-likeness (QED) is 0.656. The van der Waals surface area contributed by atoms with E-state index in [1.807, 2.05) is 30.5 Å². The van der Waals surface area contributed by atoms with E-state index in [1.54, 1.807) is 34.9 Å². The van der Waals surface area contributed by atoms with E-state index in [9.17, 15) is 9.59 Å². The summed E-state index contributed by atoms with van der Waals surface area (Å²) in [7, 11) is 0. The first kappa shape index (κ1) is 22.0. The fraction of sp³-hybridized carbons (Fsp3) is 0.333. The Morgan fingerprint density at radius 3 is 2.48 bits per heavy atom. The summed E-state index contributed by atoms with van der Waals surface area (Å²) in [5.74, 6) is -0.0873. The first-order valence-corrected chi connectivity index (χ1v) is 11.4. The van der Waals surface area contributed by atoms with Crippen molar-refractivity contribution in [1.82, 2.24) is 9.80 Å². The van der Waals surface area contributed by atoms with E-state index in [4.69, 9.17) is 23.2 Å². The van der Waals surface area contributed by atoms with Crippen LogP contribution in [0.25, 0.3) is 0 Å². The number of rotatable bonds is 6. The van der Waals surface area contributed by atoms with Gasteiger partial charge in [0.05, 0.1) is 16.3 Å². The van der Waals surface area contributed by atoms with Gasteiger partial charge in [-0.2, -0.15) is 0 Å². The average molecular weight is 452 g/mol. The van der Waals surface area contributed by atoms with Crippen LogP contribution in [-0.2, 0) is 4.79 Å². The molecule has 8 heteroatoms. The van der Waals surface area contributed by atoms with Crippen LogP contribution in [0, 0.1) is 0 Å². The van der Waals surface area contributed by atoms with Crippen molar-refractivity contribution in [3.8, 4) is 0 Å². The molecule has 0 saturated carbocycles. The van der Waals surface area contributed by atoms with Gasteiger partial charge in [0.1, 0.15) is 0 Å². The lowest BCUT2D eigenvalue weighted by atomic mass is 10.1. The van der Waals surface area contributed by atoms with Crippen molar-refractivity contribution in [2.45, 2.75) is 11.3 Å². The van der Waals surface area contributed by atoms with E-state index in [0.29, 0.717) is 41.7 Å². The van der Waals surface area contributed by atoms with Crippen LogP contribution in [0.15, 0.2) is 47.4 Å². The molecule has 154 valence electrons. The molecule has 0 spiro atoms. The molecule has 0 radical (unpaired) electrons. The molecule has 2 aromatic rings. The van der Waals surface area contributed by atoms with Gasteiger partial charge in [-0.3, -0.25) is 14.5 Å². The molecule has 1 saturated heterocycles. The van der Waals surface area contributed by atoms with Crippen molar-refractivity contribution in [3.05, 3.63) is 58.1 Å². The zero-order valence-corrected chi connectivity index (χ0v) is 18.5. The number of halogens is 2. The van der Waals surface area contributed by atoms with Crippen LogP contribution in [0.3, 0.4) is 0 Å². The van der Waals surface area contributed by atoms with E-state index in [-0.39, 0.29) is 11.8 Å². The third-order valence-corrected chi connectivity index (χ3v) is 6.20. The van der Waals surface area contributed by atoms with Crippen molar-refractivity contribution < 1.29 is 9.59 Å². The molecule has 1 fully saturated rings. The lowest BCUT2D eigenvalue weighted by Crippen LogP contribution is -2.49.